The van der Waals surface area contributed by atoms with Crippen LogP contribution in [0.25, 0.3) is 27.4 Å². The van der Waals surface area contributed by atoms with Crippen molar-refractivity contribution in [1.82, 2.24) is 19.7 Å². The molecular formula is C35H27FN6O4S. The molecule has 0 saturated carbocycles. The van der Waals surface area contributed by atoms with Crippen LogP contribution in [-0.2, 0) is 10.0 Å². The zero-order valence-electron chi connectivity index (χ0n) is 25.2. The number of anilines is 2. The van der Waals surface area contributed by atoms with E-state index in [4.69, 9.17) is 10.5 Å². The molecule has 0 atom stereocenters. The van der Waals surface area contributed by atoms with Gasteiger partial charge in [0.1, 0.15) is 5.82 Å². The van der Waals surface area contributed by atoms with Gasteiger partial charge in [-0.05, 0) is 66.8 Å². The molecule has 4 N–H and O–H groups in total. The van der Waals surface area contributed by atoms with Crippen molar-refractivity contribution in [1.29, 1.82) is 0 Å². The molecule has 3 aromatic heterocycles. The predicted molar refractivity (Wildman–Crippen MR) is 178 cm³/mol. The van der Waals surface area contributed by atoms with Crippen LogP contribution < -0.4 is 15.2 Å². The zero-order chi connectivity index (χ0) is 32.9. The lowest BCUT2D eigenvalue weighted by Crippen LogP contribution is -2.14. The lowest BCUT2D eigenvalue weighted by atomic mass is 10.1. The molecule has 47 heavy (non-hydrogen) atoms. The average Bonchev–Trinajstić information content (AvgIpc) is 3.64. The molecule has 0 fully saturated rings. The van der Waals surface area contributed by atoms with Crippen LogP contribution in [0.4, 0.5) is 15.9 Å². The fourth-order valence-electron chi connectivity index (χ4n) is 5.47. The second-order valence-corrected chi connectivity index (χ2v) is 12.7. The maximum Gasteiger partial charge on any atom is 0.262 e. The van der Waals surface area contributed by atoms with Crippen molar-refractivity contribution in [2.24, 2.45) is 0 Å². The number of ketones is 1. The fraction of sp³-hybridized carbons (Fsp3) is 0.0571. The summed E-state index contributed by atoms with van der Waals surface area (Å²) in [4.78, 5) is 21.2. The first kappa shape index (κ1) is 29.7. The van der Waals surface area contributed by atoms with E-state index in [-0.39, 0.29) is 33.6 Å². The van der Waals surface area contributed by atoms with Crippen molar-refractivity contribution in [3.05, 3.63) is 132 Å². The number of benzene rings is 4. The number of nitrogens with two attached hydrogens (primary N) is 1. The molecule has 4 aromatic carbocycles. The molecule has 0 radical (unpaired) electrons. The van der Waals surface area contributed by atoms with E-state index in [1.807, 2.05) is 18.2 Å². The lowest BCUT2D eigenvalue weighted by molar-refractivity contribution is 0.103. The molecule has 7 rings (SSSR count). The van der Waals surface area contributed by atoms with Gasteiger partial charge in [-0.15, -0.1) is 0 Å². The van der Waals surface area contributed by atoms with Gasteiger partial charge >= 0.3 is 0 Å². The van der Waals surface area contributed by atoms with Gasteiger partial charge in [0.15, 0.2) is 11.6 Å². The number of fused-ring (bicyclic) bond motifs is 2. The maximum absolute atomic E-state index is 14.0. The SMILES string of the molecule is Cc1cc2cc(C(=O)c3cnn(-c4cnc(Oc5ccccc5F)cc4C)c3N)[nH]c2cc1NS(=O)(=O)c1cccc2ccccc12. The molecule has 10 nitrogen and oxygen atoms in total. The first-order chi connectivity index (χ1) is 22.6. The Morgan fingerprint density at radius 3 is 2.49 bits per heavy atom. The summed E-state index contributed by atoms with van der Waals surface area (Å²) in [6, 6.07) is 25.2. The smallest absolute Gasteiger partial charge is 0.262 e. The molecular weight excluding hydrogens is 619 g/mol. The Morgan fingerprint density at radius 2 is 1.68 bits per heavy atom. The van der Waals surface area contributed by atoms with Gasteiger partial charge in [-0.1, -0.05) is 48.5 Å². The Morgan fingerprint density at radius 1 is 0.915 bits per heavy atom. The summed E-state index contributed by atoms with van der Waals surface area (Å²) < 4.78 is 50.7. The van der Waals surface area contributed by atoms with Gasteiger partial charge in [0, 0.05) is 22.4 Å². The first-order valence-electron chi connectivity index (χ1n) is 14.5. The van der Waals surface area contributed by atoms with Gasteiger partial charge < -0.3 is 15.5 Å². The number of carbonyl (C=O) groups excluding carboxylic acids is 1. The van der Waals surface area contributed by atoms with Crippen LogP contribution >= 0.6 is 0 Å². The number of hydrogen-bond acceptors (Lipinski definition) is 7. The lowest BCUT2D eigenvalue weighted by Gasteiger charge is -2.13. The fourth-order valence-corrected chi connectivity index (χ4v) is 6.82. The average molecular weight is 647 g/mol. The third kappa shape index (κ3) is 5.44. The second kappa shape index (κ2) is 11.4. The number of H-pyrrole nitrogens is 1. The number of nitrogen functional groups attached to an aromatic ring is 1. The van der Waals surface area contributed by atoms with Crippen LogP contribution in [0.15, 0.2) is 108 Å². The van der Waals surface area contributed by atoms with Crippen LogP contribution in [0.5, 0.6) is 11.6 Å². The van der Waals surface area contributed by atoms with Gasteiger partial charge in [-0.3, -0.25) is 9.52 Å². The van der Waals surface area contributed by atoms with Gasteiger partial charge in [-0.25, -0.2) is 22.5 Å². The molecule has 3 heterocycles. The molecule has 0 unspecified atom stereocenters. The summed E-state index contributed by atoms with van der Waals surface area (Å²) in [6.07, 6.45) is 2.86. The highest BCUT2D eigenvalue weighted by molar-refractivity contribution is 7.93. The molecule has 0 aliphatic carbocycles. The standard InChI is InChI=1S/C35H27FN6O4S/c1-20-14-23-16-29(40-28(23)17-27(20)41-47(44,45)32-13-7-9-22-8-3-4-10-24(22)32)34(43)25-18-39-42(35(25)37)30-19-38-33(15-21(30)2)46-31-12-6-5-11-26(31)36/h3-19,40-41H,37H2,1-2H3. The molecule has 7 aromatic rings. The summed E-state index contributed by atoms with van der Waals surface area (Å²) in [7, 11) is -3.93. The molecule has 0 aliphatic heterocycles. The molecule has 234 valence electrons. The summed E-state index contributed by atoms with van der Waals surface area (Å²) in [5.74, 6) is -0.584. The normalized spacial score (nSPS) is 11.6. The second-order valence-electron chi connectivity index (χ2n) is 11.0. The highest BCUT2D eigenvalue weighted by Crippen LogP contribution is 2.31. The van der Waals surface area contributed by atoms with Crippen LogP contribution in [0, 0.1) is 19.7 Å². The molecule has 0 bridgehead atoms. The minimum absolute atomic E-state index is 0.0431. The number of nitrogens with zero attached hydrogens (tertiary/aromatic N) is 3. The minimum atomic E-state index is -3.93. The number of sulfonamides is 1. The van der Waals surface area contributed by atoms with E-state index < -0.39 is 21.6 Å². The van der Waals surface area contributed by atoms with Gasteiger partial charge in [0.2, 0.25) is 11.7 Å². The third-order valence-corrected chi connectivity index (χ3v) is 9.31. The number of aromatic amines is 1. The highest BCUT2D eigenvalue weighted by atomic mass is 32.2. The Hall–Kier alpha value is -6.01. The maximum atomic E-state index is 14.0. The molecule has 0 amide bonds. The minimum Gasteiger partial charge on any atom is -0.436 e. The van der Waals surface area contributed by atoms with Crippen LogP contribution in [0.3, 0.4) is 0 Å². The summed E-state index contributed by atoms with van der Waals surface area (Å²) in [5.41, 5.74) is 9.64. The van der Waals surface area contributed by atoms with E-state index in [2.05, 4.69) is 19.8 Å². The van der Waals surface area contributed by atoms with Crippen molar-refractivity contribution in [2.75, 3.05) is 10.5 Å². The van der Waals surface area contributed by atoms with Crippen LogP contribution in [-0.4, -0.2) is 33.9 Å². The Balaban J connectivity index is 1.15. The van der Waals surface area contributed by atoms with E-state index in [0.29, 0.717) is 33.4 Å². The van der Waals surface area contributed by atoms with Crippen molar-refractivity contribution < 1.29 is 22.3 Å². The van der Waals surface area contributed by atoms with E-state index in [0.717, 1.165) is 10.8 Å². The molecule has 12 heteroatoms. The van der Waals surface area contributed by atoms with Crippen molar-refractivity contribution in [2.45, 2.75) is 18.7 Å². The monoisotopic (exact) mass is 646 g/mol. The number of pyridine rings is 1. The zero-order valence-corrected chi connectivity index (χ0v) is 26.0. The Labute approximate surface area is 268 Å². The number of halogens is 1. The number of aryl methyl sites for hydroxylation is 2. The summed E-state index contributed by atoms with van der Waals surface area (Å²) >= 11 is 0. The van der Waals surface area contributed by atoms with E-state index >= 15 is 0 Å². The van der Waals surface area contributed by atoms with Crippen molar-refractivity contribution in [3.8, 4) is 17.3 Å². The summed E-state index contributed by atoms with van der Waals surface area (Å²) in [5, 5.41) is 6.48. The largest absolute Gasteiger partial charge is 0.436 e. The third-order valence-electron chi connectivity index (χ3n) is 7.88. The number of ether oxygens (including phenoxy) is 1. The summed E-state index contributed by atoms with van der Waals surface area (Å²) in [6.45, 7) is 3.58. The number of hydrogen-bond donors (Lipinski definition) is 3. The topological polar surface area (TPSA) is 145 Å². The number of para-hydroxylation sites is 1. The van der Waals surface area contributed by atoms with Gasteiger partial charge in [0.25, 0.3) is 10.0 Å². The van der Waals surface area contributed by atoms with Gasteiger partial charge in [-0.2, -0.15) is 5.10 Å². The van der Waals surface area contributed by atoms with E-state index in [1.54, 1.807) is 74.5 Å². The number of nitrogens with one attached hydrogen (secondary N) is 2. The van der Waals surface area contributed by atoms with Crippen molar-refractivity contribution in [3.63, 3.8) is 0 Å². The molecule has 0 saturated heterocycles. The van der Waals surface area contributed by atoms with E-state index in [1.165, 1.54) is 29.2 Å². The van der Waals surface area contributed by atoms with E-state index in [9.17, 15) is 17.6 Å². The van der Waals surface area contributed by atoms with Crippen LogP contribution in [0.1, 0.15) is 27.2 Å². The van der Waals surface area contributed by atoms with Gasteiger partial charge in [0.05, 0.1) is 39.9 Å². The predicted octanol–water partition coefficient (Wildman–Crippen LogP) is 7.06. The Bertz CT molecular complexity index is 2470. The Kier molecular flexibility index (Phi) is 7.21. The highest BCUT2D eigenvalue weighted by Gasteiger charge is 2.23. The number of rotatable bonds is 8. The molecule has 0 aliphatic rings. The number of carbonyl (C=O) groups is 1. The number of aromatic nitrogens is 4. The van der Waals surface area contributed by atoms with Crippen molar-refractivity contribution >= 4 is 49.0 Å². The molecule has 0 spiro atoms. The quantitative estimate of drug-likeness (QED) is 0.150. The first-order valence-corrected chi connectivity index (χ1v) is 16.0. The van der Waals surface area contributed by atoms with Crippen LogP contribution in [0.2, 0.25) is 0 Å².